The van der Waals surface area contributed by atoms with Crippen molar-refractivity contribution < 1.29 is 58.9 Å². The van der Waals surface area contributed by atoms with E-state index in [-0.39, 0.29) is 6.61 Å². The van der Waals surface area contributed by atoms with Crippen LogP contribution in [0.15, 0.2) is 24.3 Å². The van der Waals surface area contributed by atoms with Crippen molar-refractivity contribution in [3.63, 3.8) is 0 Å². The molecule has 13 heteroatoms. The van der Waals surface area contributed by atoms with Gasteiger partial charge in [-0.1, -0.05) is 39.8 Å². The van der Waals surface area contributed by atoms with E-state index in [1.807, 2.05) is 27.7 Å². The fourth-order valence-corrected chi connectivity index (χ4v) is 2.10. The van der Waals surface area contributed by atoms with Crippen LogP contribution in [0.4, 0.5) is 39.9 Å². The van der Waals surface area contributed by atoms with E-state index in [1.54, 1.807) is 0 Å². The zero-order valence-corrected chi connectivity index (χ0v) is 19.4. The molecule has 2 rings (SSSR count). The monoisotopic (exact) mass is 520 g/mol. The molecule has 0 saturated heterocycles. The van der Waals surface area contributed by atoms with Gasteiger partial charge >= 0.3 is 12.3 Å². The molecule has 0 saturated carbocycles. The molecule has 0 aromatic heterocycles. The Morgan fingerprint density at radius 1 is 0.829 bits per heavy atom. The summed E-state index contributed by atoms with van der Waals surface area (Å²) < 4.78 is 123. The Bertz CT molecular complexity index is 904. The highest BCUT2D eigenvalue weighted by atomic mass is 19.4. The first-order valence-corrected chi connectivity index (χ1v) is 10.1. The molecule has 0 radical (unpaired) electrons. The highest BCUT2D eigenvalue weighted by Gasteiger charge is 2.44. The first-order chi connectivity index (χ1) is 16.5. The van der Waals surface area contributed by atoms with E-state index in [2.05, 4.69) is 9.47 Å². The summed E-state index contributed by atoms with van der Waals surface area (Å²) in [4.78, 5) is 11.5. The predicted octanol–water partition coefficient (Wildman–Crippen LogP) is 7.11. The average Bonchev–Trinajstić information content (AvgIpc) is 2.86. The quantitative estimate of drug-likeness (QED) is 0.128. The second-order valence-corrected chi connectivity index (χ2v) is 5.76. The SMILES string of the molecule is CC.CC.COc1ccc(COCC(OC(=O)Oc2c(F)c(F)c(F)c(F)c2F)C(F)(F)F)cc1. The van der Waals surface area contributed by atoms with E-state index >= 15 is 0 Å². The molecule has 0 N–H and O–H groups in total. The van der Waals surface area contributed by atoms with Crippen LogP contribution in [0.2, 0.25) is 0 Å². The van der Waals surface area contributed by atoms with Gasteiger partial charge in [0.2, 0.25) is 40.9 Å². The smallest absolute Gasteiger partial charge is 0.497 e. The lowest BCUT2D eigenvalue weighted by Crippen LogP contribution is -2.38. The molecule has 5 nitrogen and oxygen atoms in total. The summed E-state index contributed by atoms with van der Waals surface area (Å²) in [6, 6.07) is 6.00. The highest BCUT2D eigenvalue weighted by molar-refractivity contribution is 5.64. The van der Waals surface area contributed by atoms with Crippen LogP contribution in [0.1, 0.15) is 33.3 Å². The molecular weight excluding hydrogens is 496 g/mol. The van der Waals surface area contributed by atoms with Crippen molar-refractivity contribution in [3.05, 3.63) is 58.9 Å². The first kappa shape index (κ1) is 31.9. The molecule has 0 heterocycles. The number of carbonyl (C=O) groups excluding carboxylic acids is 1. The summed E-state index contributed by atoms with van der Waals surface area (Å²) in [5, 5.41) is 0. The van der Waals surface area contributed by atoms with E-state index in [4.69, 9.17) is 9.47 Å². The van der Waals surface area contributed by atoms with Gasteiger partial charge in [-0.3, -0.25) is 0 Å². The summed E-state index contributed by atoms with van der Waals surface area (Å²) in [5.41, 5.74) is 0.436. The number of ether oxygens (including phenoxy) is 4. The minimum atomic E-state index is -5.20. The van der Waals surface area contributed by atoms with Crippen molar-refractivity contribution in [1.82, 2.24) is 0 Å². The Kier molecular flexibility index (Phi) is 13.7. The fourth-order valence-electron chi connectivity index (χ4n) is 2.10. The zero-order chi connectivity index (χ0) is 27.3. The maximum Gasteiger partial charge on any atom is 0.514 e. The van der Waals surface area contributed by atoms with E-state index in [9.17, 15) is 39.9 Å². The third-order valence-corrected chi connectivity index (χ3v) is 3.66. The van der Waals surface area contributed by atoms with Crippen LogP contribution in [0.25, 0.3) is 0 Å². The molecule has 0 fully saturated rings. The van der Waals surface area contributed by atoms with E-state index in [1.165, 1.54) is 31.4 Å². The van der Waals surface area contributed by atoms with Crippen LogP contribution in [-0.4, -0.2) is 32.2 Å². The summed E-state index contributed by atoms with van der Waals surface area (Å²) in [7, 11) is 1.41. The molecule has 2 aromatic carbocycles. The van der Waals surface area contributed by atoms with E-state index < -0.39 is 59.9 Å². The number of hydrogen-bond donors (Lipinski definition) is 0. The van der Waals surface area contributed by atoms with E-state index in [0.29, 0.717) is 11.3 Å². The van der Waals surface area contributed by atoms with Crippen LogP contribution in [-0.2, 0) is 16.1 Å². The fraction of sp³-hybridized carbons (Fsp3) is 0.409. The third-order valence-electron chi connectivity index (χ3n) is 3.66. The second kappa shape index (κ2) is 15.0. The Balaban J connectivity index is 0.00000274. The standard InChI is InChI=1S/C18H12F8O5.2C2H6/c1-28-9-4-2-8(3-5-9)6-29-7-10(18(24,25)26)30-17(27)31-16-14(22)12(20)11(19)13(21)15(16)23;2*1-2/h2-5,10H,6-7H2,1H3;2*1-2H3. The van der Waals surface area contributed by atoms with Gasteiger partial charge in [0.1, 0.15) is 5.75 Å². The lowest BCUT2D eigenvalue weighted by atomic mass is 10.2. The number of alkyl halides is 3. The van der Waals surface area contributed by atoms with Crippen molar-refractivity contribution >= 4 is 6.16 Å². The maximum atomic E-state index is 13.5. The summed E-state index contributed by atoms with van der Waals surface area (Å²) in [6.45, 7) is 6.41. The Morgan fingerprint density at radius 3 is 1.71 bits per heavy atom. The van der Waals surface area contributed by atoms with Gasteiger partial charge in [-0.25, -0.2) is 18.0 Å². The molecule has 1 unspecified atom stereocenters. The van der Waals surface area contributed by atoms with Crippen LogP contribution in [0, 0.1) is 29.1 Å². The molecule has 0 aliphatic carbocycles. The minimum absolute atomic E-state index is 0.341. The highest BCUT2D eigenvalue weighted by Crippen LogP contribution is 2.30. The van der Waals surface area contributed by atoms with Crippen molar-refractivity contribution in [1.29, 1.82) is 0 Å². The van der Waals surface area contributed by atoms with Crippen LogP contribution < -0.4 is 9.47 Å². The molecule has 0 aliphatic heterocycles. The second-order valence-electron chi connectivity index (χ2n) is 5.76. The topological polar surface area (TPSA) is 54.0 Å². The van der Waals surface area contributed by atoms with Crippen LogP contribution >= 0.6 is 0 Å². The Hall–Kier alpha value is -3.09. The molecule has 0 amide bonds. The first-order valence-electron chi connectivity index (χ1n) is 10.1. The Labute approximate surface area is 196 Å². The van der Waals surface area contributed by atoms with Crippen molar-refractivity contribution in [3.8, 4) is 11.5 Å². The van der Waals surface area contributed by atoms with Crippen molar-refractivity contribution in [2.45, 2.75) is 46.6 Å². The molecule has 0 aliphatic rings. The number of benzene rings is 2. The lowest BCUT2D eigenvalue weighted by Gasteiger charge is -2.20. The summed E-state index contributed by atoms with van der Waals surface area (Å²) in [5.74, 6) is -14.2. The molecule has 198 valence electrons. The third kappa shape index (κ3) is 9.23. The van der Waals surface area contributed by atoms with Gasteiger partial charge in [0.05, 0.1) is 20.3 Å². The molecular formula is C22H24F8O5. The number of hydrogen-bond acceptors (Lipinski definition) is 5. The molecule has 35 heavy (non-hydrogen) atoms. The lowest BCUT2D eigenvalue weighted by molar-refractivity contribution is -0.221. The van der Waals surface area contributed by atoms with Gasteiger partial charge < -0.3 is 18.9 Å². The number of methoxy groups -OCH3 is 1. The zero-order valence-electron chi connectivity index (χ0n) is 19.4. The summed E-state index contributed by atoms with van der Waals surface area (Å²) in [6.07, 6.45) is -10.5. The Morgan fingerprint density at radius 2 is 1.29 bits per heavy atom. The van der Waals surface area contributed by atoms with Gasteiger partial charge in [0.25, 0.3) is 0 Å². The normalized spacial score (nSPS) is 11.3. The number of carbonyl (C=O) groups is 1. The van der Waals surface area contributed by atoms with E-state index in [0.717, 1.165) is 0 Å². The maximum absolute atomic E-state index is 13.5. The molecule has 2 aromatic rings. The van der Waals surface area contributed by atoms with Crippen molar-refractivity contribution in [2.75, 3.05) is 13.7 Å². The molecule has 0 bridgehead atoms. The van der Waals surface area contributed by atoms with Gasteiger partial charge in [-0.2, -0.15) is 22.0 Å². The summed E-state index contributed by atoms with van der Waals surface area (Å²) >= 11 is 0. The largest absolute Gasteiger partial charge is 0.514 e. The van der Waals surface area contributed by atoms with Crippen LogP contribution in [0.5, 0.6) is 11.5 Å². The number of halogens is 8. The van der Waals surface area contributed by atoms with Gasteiger partial charge in [-0.15, -0.1) is 0 Å². The molecule has 1 atom stereocenters. The predicted molar refractivity (Wildman–Crippen MR) is 109 cm³/mol. The van der Waals surface area contributed by atoms with Crippen molar-refractivity contribution in [2.24, 2.45) is 0 Å². The van der Waals surface area contributed by atoms with Gasteiger partial charge in [0, 0.05) is 0 Å². The number of rotatable bonds is 7. The molecule has 0 spiro atoms. The average molecular weight is 520 g/mol. The van der Waals surface area contributed by atoms with Gasteiger partial charge in [-0.05, 0) is 17.7 Å². The minimum Gasteiger partial charge on any atom is -0.497 e. The van der Waals surface area contributed by atoms with Gasteiger partial charge in [0.15, 0.2) is 0 Å². The van der Waals surface area contributed by atoms with Crippen LogP contribution in [0.3, 0.4) is 0 Å².